The van der Waals surface area contributed by atoms with Gasteiger partial charge in [0.05, 0.1) is 0 Å². The fraction of sp³-hybridized carbons (Fsp3) is 0.667. The molecule has 0 aromatic heterocycles. The Morgan fingerprint density at radius 1 is 1.20 bits per heavy atom. The molecule has 0 amide bonds. The molecule has 0 saturated carbocycles. The third-order valence-corrected chi connectivity index (χ3v) is 4.78. The van der Waals surface area contributed by atoms with Crippen molar-refractivity contribution in [3.05, 3.63) is 35.4 Å². The minimum absolute atomic E-state index is 0.181. The third-order valence-electron chi connectivity index (χ3n) is 4.78. The van der Waals surface area contributed by atoms with E-state index in [-0.39, 0.29) is 6.04 Å². The molecular formula is C18H30N2. The van der Waals surface area contributed by atoms with E-state index >= 15 is 0 Å². The van der Waals surface area contributed by atoms with Crippen LogP contribution in [0.5, 0.6) is 0 Å². The quantitative estimate of drug-likeness (QED) is 0.882. The van der Waals surface area contributed by atoms with Gasteiger partial charge in [-0.15, -0.1) is 0 Å². The van der Waals surface area contributed by atoms with Gasteiger partial charge in [-0.3, -0.25) is 0 Å². The minimum Gasteiger partial charge on any atom is -0.324 e. The SMILES string of the molecule is CCC1CCCN(CCC(N)c2ccc(C)cc2)CC1. The molecule has 0 aliphatic carbocycles. The molecular weight excluding hydrogens is 244 g/mol. The first kappa shape index (κ1) is 15.5. The van der Waals surface area contributed by atoms with E-state index in [4.69, 9.17) is 5.73 Å². The molecule has 2 N–H and O–H groups in total. The summed E-state index contributed by atoms with van der Waals surface area (Å²) in [5, 5.41) is 0. The van der Waals surface area contributed by atoms with Gasteiger partial charge < -0.3 is 10.6 Å². The molecule has 1 fully saturated rings. The zero-order chi connectivity index (χ0) is 14.4. The Balaban J connectivity index is 1.78. The van der Waals surface area contributed by atoms with E-state index in [1.54, 1.807) is 0 Å². The average molecular weight is 274 g/mol. The number of aryl methyl sites for hydroxylation is 1. The maximum atomic E-state index is 6.33. The van der Waals surface area contributed by atoms with Crippen LogP contribution in [0, 0.1) is 12.8 Å². The predicted molar refractivity (Wildman–Crippen MR) is 86.8 cm³/mol. The number of hydrogen-bond acceptors (Lipinski definition) is 2. The molecule has 1 saturated heterocycles. The average Bonchev–Trinajstić information content (AvgIpc) is 2.70. The Morgan fingerprint density at radius 3 is 2.65 bits per heavy atom. The van der Waals surface area contributed by atoms with E-state index < -0.39 is 0 Å². The summed E-state index contributed by atoms with van der Waals surface area (Å²) >= 11 is 0. The van der Waals surface area contributed by atoms with Crippen molar-refractivity contribution in [1.82, 2.24) is 4.90 Å². The third kappa shape index (κ3) is 4.60. The second-order valence-electron chi connectivity index (χ2n) is 6.35. The molecule has 112 valence electrons. The van der Waals surface area contributed by atoms with Gasteiger partial charge in [-0.2, -0.15) is 0 Å². The summed E-state index contributed by atoms with van der Waals surface area (Å²) in [5.74, 6) is 0.950. The van der Waals surface area contributed by atoms with Crippen LogP contribution in [0.2, 0.25) is 0 Å². The first-order chi connectivity index (χ1) is 9.69. The highest BCUT2D eigenvalue weighted by molar-refractivity contribution is 5.23. The van der Waals surface area contributed by atoms with E-state index in [0.717, 1.165) is 18.9 Å². The van der Waals surface area contributed by atoms with Crippen LogP contribution in [0.25, 0.3) is 0 Å². The highest BCUT2D eigenvalue weighted by Crippen LogP contribution is 2.21. The van der Waals surface area contributed by atoms with Gasteiger partial charge in [0.2, 0.25) is 0 Å². The van der Waals surface area contributed by atoms with Crippen LogP contribution < -0.4 is 5.73 Å². The van der Waals surface area contributed by atoms with Crippen molar-refractivity contribution in [1.29, 1.82) is 0 Å². The van der Waals surface area contributed by atoms with E-state index in [2.05, 4.69) is 43.0 Å². The molecule has 2 atom stereocenters. The van der Waals surface area contributed by atoms with Crippen LogP contribution in [-0.4, -0.2) is 24.5 Å². The molecule has 2 unspecified atom stereocenters. The molecule has 1 aliphatic heterocycles. The molecule has 0 radical (unpaired) electrons. The fourth-order valence-corrected chi connectivity index (χ4v) is 3.16. The molecule has 1 aromatic carbocycles. The lowest BCUT2D eigenvalue weighted by Crippen LogP contribution is -2.28. The van der Waals surface area contributed by atoms with E-state index in [1.807, 2.05) is 0 Å². The summed E-state index contributed by atoms with van der Waals surface area (Å²) in [6.45, 7) is 8.12. The first-order valence-corrected chi connectivity index (χ1v) is 8.23. The van der Waals surface area contributed by atoms with Crippen molar-refractivity contribution in [3.63, 3.8) is 0 Å². The molecule has 2 rings (SSSR count). The topological polar surface area (TPSA) is 29.3 Å². The second kappa shape index (κ2) is 7.80. The van der Waals surface area contributed by atoms with Crippen molar-refractivity contribution >= 4 is 0 Å². The second-order valence-corrected chi connectivity index (χ2v) is 6.35. The highest BCUT2D eigenvalue weighted by atomic mass is 15.1. The van der Waals surface area contributed by atoms with Gasteiger partial charge >= 0.3 is 0 Å². The van der Waals surface area contributed by atoms with Crippen LogP contribution in [0.3, 0.4) is 0 Å². The molecule has 0 spiro atoms. The van der Waals surface area contributed by atoms with Crippen LogP contribution in [0.4, 0.5) is 0 Å². The normalized spacial score (nSPS) is 22.4. The summed E-state index contributed by atoms with van der Waals surface area (Å²) in [7, 11) is 0. The van der Waals surface area contributed by atoms with Gasteiger partial charge in [0, 0.05) is 6.04 Å². The number of nitrogens with zero attached hydrogens (tertiary/aromatic N) is 1. The molecule has 1 aromatic rings. The van der Waals surface area contributed by atoms with Crippen molar-refractivity contribution in [3.8, 4) is 0 Å². The van der Waals surface area contributed by atoms with Crippen LogP contribution in [0.1, 0.15) is 56.2 Å². The summed E-state index contributed by atoms with van der Waals surface area (Å²) < 4.78 is 0. The number of likely N-dealkylation sites (tertiary alicyclic amines) is 1. The summed E-state index contributed by atoms with van der Waals surface area (Å²) in [6.07, 6.45) is 6.56. The monoisotopic (exact) mass is 274 g/mol. The van der Waals surface area contributed by atoms with Gasteiger partial charge in [-0.25, -0.2) is 0 Å². The molecule has 2 nitrogen and oxygen atoms in total. The zero-order valence-electron chi connectivity index (χ0n) is 13.1. The lowest BCUT2D eigenvalue weighted by Gasteiger charge is -2.22. The van der Waals surface area contributed by atoms with Crippen molar-refractivity contribution in [2.75, 3.05) is 19.6 Å². The predicted octanol–water partition coefficient (Wildman–Crippen LogP) is 3.90. The maximum absolute atomic E-state index is 6.33. The first-order valence-electron chi connectivity index (χ1n) is 8.23. The standard InChI is InChI=1S/C18H30N2/c1-3-16-5-4-12-20(13-10-16)14-11-18(19)17-8-6-15(2)7-9-17/h6-9,16,18H,3-5,10-14,19H2,1-2H3. The summed E-state index contributed by atoms with van der Waals surface area (Å²) in [4.78, 5) is 2.61. The lowest BCUT2D eigenvalue weighted by atomic mass is 9.98. The Morgan fingerprint density at radius 2 is 1.95 bits per heavy atom. The van der Waals surface area contributed by atoms with Gasteiger partial charge in [0.25, 0.3) is 0 Å². The Labute approximate surface area is 124 Å². The molecule has 1 heterocycles. The fourth-order valence-electron chi connectivity index (χ4n) is 3.16. The number of hydrogen-bond donors (Lipinski definition) is 1. The summed E-state index contributed by atoms with van der Waals surface area (Å²) in [5.41, 5.74) is 8.91. The van der Waals surface area contributed by atoms with Crippen molar-refractivity contribution in [2.45, 2.75) is 52.0 Å². The van der Waals surface area contributed by atoms with E-state index in [0.29, 0.717) is 0 Å². The number of rotatable bonds is 5. The lowest BCUT2D eigenvalue weighted by molar-refractivity contribution is 0.269. The maximum Gasteiger partial charge on any atom is 0.0307 e. The Hall–Kier alpha value is -0.860. The Bertz CT molecular complexity index is 385. The largest absolute Gasteiger partial charge is 0.324 e. The van der Waals surface area contributed by atoms with E-state index in [9.17, 15) is 0 Å². The number of benzene rings is 1. The van der Waals surface area contributed by atoms with Gasteiger partial charge in [-0.05, 0) is 63.7 Å². The van der Waals surface area contributed by atoms with Crippen molar-refractivity contribution in [2.24, 2.45) is 11.7 Å². The molecule has 0 bridgehead atoms. The van der Waals surface area contributed by atoms with Crippen LogP contribution in [-0.2, 0) is 0 Å². The highest BCUT2D eigenvalue weighted by Gasteiger charge is 2.16. The van der Waals surface area contributed by atoms with Gasteiger partial charge in [-0.1, -0.05) is 43.2 Å². The molecule has 1 aliphatic rings. The zero-order valence-corrected chi connectivity index (χ0v) is 13.1. The van der Waals surface area contributed by atoms with Gasteiger partial charge in [0.15, 0.2) is 0 Å². The summed E-state index contributed by atoms with van der Waals surface area (Å²) in [6, 6.07) is 8.85. The smallest absolute Gasteiger partial charge is 0.0307 e. The number of nitrogens with two attached hydrogens (primary N) is 1. The molecule has 20 heavy (non-hydrogen) atoms. The van der Waals surface area contributed by atoms with Crippen molar-refractivity contribution < 1.29 is 0 Å². The minimum atomic E-state index is 0.181. The molecule has 2 heteroatoms. The van der Waals surface area contributed by atoms with Crippen LogP contribution >= 0.6 is 0 Å². The van der Waals surface area contributed by atoms with E-state index in [1.165, 1.54) is 49.9 Å². The van der Waals surface area contributed by atoms with Crippen LogP contribution in [0.15, 0.2) is 24.3 Å². The van der Waals surface area contributed by atoms with Gasteiger partial charge in [0.1, 0.15) is 0 Å². The Kier molecular flexibility index (Phi) is 6.06.